The molecule has 36 heavy (non-hydrogen) atoms. The van der Waals surface area contributed by atoms with Crippen LogP contribution in [0.15, 0.2) is 43.0 Å². The lowest BCUT2D eigenvalue weighted by Gasteiger charge is -2.36. The average molecular weight is 488 g/mol. The first-order chi connectivity index (χ1) is 17.5. The van der Waals surface area contributed by atoms with Gasteiger partial charge in [-0.3, -0.25) is 10.2 Å². The summed E-state index contributed by atoms with van der Waals surface area (Å²) in [5.41, 5.74) is 3.83. The average Bonchev–Trinajstić information content (AvgIpc) is 3.31. The van der Waals surface area contributed by atoms with Gasteiger partial charge in [0.15, 0.2) is 5.82 Å². The van der Waals surface area contributed by atoms with Crippen molar-refractivity contribution in [2.24, 2.45) is 0 Å². The van der Waals surface area contributed by atoms with Crippen molar-refractivity contribution < 1.29 is 9.53 Å². The summed E-state index contributed by atoms with van der Waals surface area (Å²) in [7, 11) is 0. The van der Waals surface area contributed by atoms with E-state index in [1.807, 2.05) is 24.5 Å². The molecular weight excluding hydrogens is 458 g/mol. The van der Waals surface area contributed by atoms with E-state index >= 15 is 0 Å². The van der Waals surface area contributed by atoms with Crippen LogP contribution in [0.4, 0.5) is 16.7 Å². The van der Waals surface area contributed by atoms with E-state index in [-0.39, 0.29) is 12.6 Å². The van der Waals surface area contributed by atoms with E-state index in [0.717, 1.165) is 48.8 Å². The number of aromatic nitrogens is 6. The van der Waals surface area contributed by atoms with E-state index in [2.05, 4.69) is 58.9 Å². The third-order valence-electron chi connectivity index (χ3n) is 6.19. The maximum Gasteiger partial charge on any atom is 0.413 e. The molecule has 0 spiro atoms. The molecule has 11 heteroatoms. The number of hydrogen-bond acceptors (Lipinski definition) is 9. The largest absolute Gasteiger partial charge is 0.450 e. The van der Waals surface area contributed by atoms with Crippen LogP contribution in [-0.2, 0) is 4.74 Å². The molecule has 1 aromatic carbocycles. The monoisotopic (exact) mass is 487 g/mol. The number of carbonyl (C=O) groups excluding carboxylic acids is 1. The molecule has 11 nitrogen and oxygen atoms in total. The van der Waals surface area contributed by atoms with Crippen LogP contribution in [0.1, 0.15) is 20.8 Å². The van der Waals surface area contributed by atoms with Crippen LogP contribution in [-0.4, -0.2) is 79.7 Å². The Hall–Kier alpha value is -4.12. The van der Waals surface area contributed by atoms with Gasteiger partial charge in [-0.15, -0.1) is 0 Å². The van der Waals surface area contributed by atoms with Crippen molar-refractivity contribution in [1.82, 2.24) is 34.8 Å². The van der Waals surface area contributed by atoms with Crippen LogP contribution in [0.2, 0.25) is 0 Å². The summed E-state index contributed by atoms with van der Waals surface area (Å²) >= 11 is 0. The topological polar surface area (TPSA) is 125 Å². The Kier molecular flexibility index (Phi) is 6.72. The summed E-state index contributed by atoms with van der Waals surface area (Å²) in [5, 5.41) is 2.62. The Morgan fingerprint density at radius 1 is 1.06 bits per heavy atom. The molecule has 1 fully saturated rings. The maximum absolute atomic E-state index is 11.9. The van der Waals surface area contributed by atoms with E-state index < -0.39 is 6.09 Å². The number of amides is 1. The number of piperazine rings is 1. The number of imidazole rings is 1. The highest BCUT2D eigenvalue weighted by atomic mass is 16.5. The fourth-order valence-corrected chi connectivity index (χ4v) is 4.29. The molecule has 0 bridgehead atoms. The van der Waals surface area contributed by atoms with Gasteiger partial charge in [-0.1, -0.05) is 0 Å². The standard InChI is InChI=1S/C25H29N9O2/c1-4-36-25(35)32-23-30-20-13-17(12-19(21(20)31-23)22-26-6-5-7-27-22)18-14-28-24(29-15-18)34-10-8-33(9-11-34)16(2)3/h5-7,12-16H,4,8-11H2,1-3H3,(H2,30,31,32,35). The number of nitrogens with one attached hydrogen (secondary N) is 2. The Labute approximate surface area is 209 Å². The summed E-state index contributed by atoms with van der Waals surface area (Å²) in [6, 6.07) is 6.21. The predicted octanol–water partition coefficient (Wildman–Crippen LogP) is 3.58. The van der Waals surface area contributed by atoms with Gasteiger partial charge in [0.2, 0.25) is 11.9 Å². The number of ether oxygens (including phenoxy) is 1. The first-order valence-electron chi connectivity index (χ1n) is 12.1. The second-order valence-electron chi connectivity index (χ2n) is 8.81. The fourth-order valence-electron chi connectivity index (χ4n) is 4.29. The third-order valence-corrected chi connectivity index (χ3v) is 6.19. The van der Waals surface area contributed by atoms with Crippen molar-refractivity contribution in [3.63, 3.8) is 0 Å². The molecule has 186 valence electrons. The number of fused-ring (bicyclic) bond motifs is 1. The van der Waals surface area contributed by atoms with E-state index in [1.165, 1.54) is 0 Å². The van der Waals surface area contributed by atoms with Crippen molar-refractivity contribution in [2.45, 2.75) is 26.8 Å². The lowest BCUT2D eigenvalue weighted by molar-refractivity contribution is 0.167. The summed E-state index contributed by atoms with van der Waals surface area (Å²) in [5.74, 6) is 1.55. The Bertz CT molecular complexity index is 1330. The predicted molar refractivity (Wildman–Crippen MR) is 138 cm³/mol. The van der Waals surface area contributed by atoms with E-state index in [0.29, 0.717) is 22.9 Å². The molecule has 2 N–H and O–H groups in total. The first-order valence-corrected chi connectivity index (χ1v) is 12.1. The second-order valence-corrected chi connectivity index (χ2v) is 8.81. The number of hydrogen-bond donors (Lipinski definition) is 2. The van der Waals surface area contributed by atoms with Gasteiger partial charge < -0.3 is 14.6 Å². The Balaban J connectivity index is 1.46. The molecule has 5 rings (SSSR count). The molecule has 4 aromatic rings. The van der Waals surface area contributed by atoms with Crippen molar-refractivity contribution >= 4 is 29.0 Å². The Morgan fingerprint density at radius 2 is 1.78 bits per heavy atom. The van der Waals surface area contributed by atoms with Crippen molar-refractivity contribution in [3.05, 3.63) is 43.0 Å². The minimum atomic E-state index is -0.576. The zero-order chi connectivity index (χ0) is 25.1. The molecule has 1 saturated heterocycles. The van der Waals surface area contributed by atoms with Gasteiger partial charge in [-0.2, -0.15) is 0 Å². The molecule has 0 saturated carbocycles. The van der Waals surface area contributed by atoms with Gasteiger partial charge in [0, 0.05) is 68.1 Å². The first kappa shape index (κ1) is 23.6. The summed E-state index contributed by atoms with van der Waals surface area (Å²) in [6.07, 6.45) is 6.46. The molecule has 4 heterocycles. The quantitative estimate of drug-likeness (QED) is 0.420. The van der Waals surface area contributed by atoms with Crippen molar-refractivity contribution in [1.29, 1.82) is 0 Å². The molecule has 0 radical (unpaired) electrons. The zero-order valence-corrected chi connectivity index (χ0v) is 20.6. The van der Waals surface area contributed by atoms with Gasteiger partial charge >= 0.3 is 6.09 Å². The SMILES string of the molecule is CCOC(=O)Nc1nc2cc(-c3cnc(N4CCN(C(C)C)CC4)nc3)cc(-c3ncccn3)c2[nH]1. The number of anilines is 2. The third kappa shape index (κ3) is 4.96. The van der Waals surface area contributed by atoms with E-state index in [1.54, 1.807) is 25.4 Å². The van der Waals surface area contributed by atoms with Crippen LogP contribution in [0.25, 0.3) is 33.5 Å². The van der Waals surface area contributed by atoms with Crippen molar-refractivity contribution in [2.75, 3.05) is 43.0 Å². The highest BCUT2D eigenvalue weighted by Gasteiger charge is 2.21. The second kappa shape index (κ2) is 10.2. The smallest absolute Gasteiger partial charge is 0.413 e. The summed E-state index contributed by atoms with van der Waals surface area (Å²) < 4.78 is 4.97. The number of carbonyl (C=O) groups is 1. The maximum atomic E-state index is 11.9. The highest BCUT2D eigenvalue weighted by molar-refractivity contribution is 5.96. The van der Waals surface area contributed by atoms with Gasteiger partial charge in [-0.05, 0) is 44.5 Å². The van der Waals surface area contributed by atoms with Gasteiger partial charge in [-0.25, -0.2) is 29.7 Å². The van der Waals surface area contributed by atoms with Gasteiger partial charge in [0.1, 0.15) is 0 Å². The van der Waals surface area contributed by atoms with E-state index in [9.17, 15) is 4.79 Å². The molecule has 3 aromatic heterocycles. The normalized spacial score (nSPS) is 14.4. The molecular formula is C25H29N9O2. The number of rotatable bonds is 6. The number of aromatic amines is 1. The molecule has 1 aliphatic heterocycles. The lowest BCUT2D eigenvalue weighted by Crippen LogP contribution is -2.49. The molecule has 1 amide bonds. The summed E-state index contributed by atoms with van der Waals surface area (Å²) in [6.45, 7) is 10.3. The van der Waals surface area contributed by atoms with E-state index in [4.69, 9.17) is 4.74 Å². The van der Waals surface area contributed by atoms with Gasteiger partial charge in [0.05, 0.1) is 17.6 Å². The summed E-state index contributed by atoms with van der Waals surface area (Å²) in [4.78, 5) is 42.4. The van der Waals surface area contributed by atoms with Crippen molar-refractivity contribution in [3.8, 4) is 22.5 Å². The minimum absolute atomic E-state index is 0.267. The zero-order valence-electron chi connectivity index (χ0n) is 20.6. The van der Waals surface area contributed by atoms with Crippen LogP contribution in [0, 0.1) is 0 Å². The number of nitrogens with zero attached hydrogens (tertiary/aromatic N) is 7. The van der Waals surface area contributed by atoms with Crippen LogP contribution >= 0.6 is 0 Å². The lowest BCUT2D eigenvalue weighted by atomic mass is 10.0. The number of H-pyrrole nitrogens is 1. The highest BCUT2D eigenvalue weighted by Crippen LogP contribution is 2.32. The van der Waals surface area contributed by atoms with Crippen LogP contribution < -0.4 is 10.2 Å². The minimum Gasteiger partial charge on any atom is -0.450 e. The molecule has 0 atom stereocenters. The molecule has 0 unspecified atom stereocenters. The Morgan fingerprint density at radius 3 is 2.44 bits per heavy atom. The molecule has 1 aliphatic rings. The van der Waals surface area contributed by atoms with Gasteiger partial charge in [0.25, 0.3) is 0 Å². The number of benzene rings is 1. The fraction of sp³-hybridized carbons (Fsp3) is 0.360. The van der Waals surface area contributed by atoms with Crippen LogP contribution in [0.5, 0.6) is 0 Å². The molecule has 0 aliphatic carbocycles. The van der Waals surface area contributed by atoms with Crippen LogP contribution in [0.3, 0.4) is 0 Å².